The van der Waals surface area contributed by atoms with Crippen LogP contribution in [-0.4, -0.2) is 10.9 Å². The summed E-state index contributed by atoms with van der Waals surface area (Å²) in [6.45, 7) is 3.98. The number of pyridine rings is 1. The van der Waals surface area contributed by atoms with E-state index in [9.17, 15) is 4.79 Å². The highest BCUT2D eigenvalue weighted by Crippen LogP contribution is 2.17. The first-order valence-electron chi connectivity index (χ1n) is 5.56. The minimum absolute atomic E-state index is 0.189. The SMILES string of the molecule is Cc1ccc(NC(=O)c2ccc(Cl)nc2)c(C)c1. The molecule has 3 nitrogen and oxygen atoms in total. The number of rotatable bonds is 2. The van der Waals surface area contributed by atoms with Crippen molar-refractivity contribution in [2.45, 2.75) is 13.8 Å². The predicted molar refractivity (Wildman–Crippen MR) is 73.1 cm³/mol. The zero-order valence-electron chi connectivity index (χ0n) is 10.2. The molecule has 0 aliphatic heterocycles. The van der Waals surface area contributed by atoms with Crippen molar-refractivity contribution in [2.75, 3.05) is 5.32 Å². The van der Waals surface area contributed by atoms with E-state index < -0.39 is 0 Å². The average Bonchev–Trinajstić information content (AvgIpc) is 2.33. The van der Waals surface area contributed by atoms with Gasteiger partial charge < -0.3 is 5.32 Å². The second-order valence-electron chi connectivity index (χ2n) is 4.14. The first-order valence-corrected chi connectivity index (χ1v) is 5.94. The van der Waals surface area contributed by atoms with E-state index in [1.807, 2.05) is 32.0 Å². The van der Waals surface area contributed by atoms with Gasteiger partial charge in [-0.15, -0.1) is 0 Å². The zero-order valence-corrected chi connectivity index (χ0v) is 11.0. The molecule has 4 heteroatoms. The van der Waals surface area contributed by atoms with Gasteiger partial charge in [0.2, 0.25) is 0 Å². The topological polar surface area (TPSA) is 42.0 Å². The van der Waals surface area contributed by atoms with E-state index >= 15 is 0 Å². The molecule has 0 aliphatic rings. The molecule has 92 valence electrons. The lowest BCUT2D eigenvalue weighted by atomic mass is 10.1. The molecule has 0 unspecified atom stereocenters. The van der Waals surface area contributed by atoms with Gasteiger partial charge in [-0.1, -0.05) is 29.3 Å². The van der Waals surface area contributed by atoms with Crippen molar-refractivity contribution in [1.29, 1.82) is 0 Å². The van der Waals surface area contributed by atoms with Crippen molar-refractivity contribution in [2.24, 2.45) is 0 Å². The Labute approximate surface area is 111 Å². The van der Waals surface area contributed by atoms with Crippen LogP contribution in [0.1, 0.15) is 21.5 Å². The third kappa shape index (κ3) is 2.87. The highest BCUT2D eigenvalue weighted by Gasteiger charge is 2.08. The molecule has 1 N–H and O–H groups in total. The minimum atomic E-state index is -0.189. The molecule has 2 rings (SSSR count). The number of benzene rings is 1. The summed E-state index contributed by atoms with van der Waals surface area (Å²) in [5.74, 6) is -0.189. The highest BCUT2D eigenvalue weighted by molar-refractivity contribution is 6.29. The molecule has 0 saturated heterocycles. The summed E-state index contributed by atoms with van der Waals surface area (Å²) in [6.07, 6.45) is 1.46. The summed E-state index contributed by atoms with van der Waals surface area (Å²) >= 11 is 5.68. The Kier molecular flexibility index (Phi) is 3.63. The minimum Gasteiger partial charge on any atom is -0.322 e. The van der Waals surface area contributed by atoms with Crippen molar-refractivity contribution < 1.29 is 4.79 Å². The number of anilines is 1. The van der Waals surface area contributed by atoms with Crippen molar-refractivity contribution in [3.05, 3.63) is 58.4 Å². The van der Waals surface area contributed by atoms with Gasteiger partial charge in [0.1, 0.15) is 5.15 Å². The van der Waals surface area contributed by atoms with Crippen LogP contribution in [0, 0.1) is 13.8 Å². The molecule has 0 saturated carbocycles. The summed E-state index contributed by atoms with van der Waals surface area (Å²) < 4.78 is 0. The number of carbonyl (C=O) groups excluding carboxylic acids is 1. The monoisotopic (exact) mass is 260 g/mol. The first kappa shape index (κ1) is 12.6. The number of hydrogen-bond donors (Lipinski definition) is 1. The molecule has 0 fully saturated rings. The van der Waals surface area contributed by atoms with Gasteiger partial charge >= 0.3 is 0 Å². The molecule has 0 spiro atoms. The van der Waals surface area contributed by atoms with Crippen molar-refractivity contribution in [3.63, 3.8) is 0 Å². The van der Waals surface area contributed by atoms with E-state index in [0.717, 1.165) is 11.3 Å². The number of nitrogens with zero attached hydrogens (tertiary/aromatic N) is 1. The van der Waals surface area contributed by atoms with E-state index in [1.54, 1.807) is 12.1 Å². The van der Waals surface area contributed by atoms with Crippen molar-refractivity contribution in [1.82, 2.24) is 4.98 Å². The van der Waals surface area contributed by atoms with Gasteiger partial charge in [-0.3, -0.25) is 4.79 Å². The number of nitrogens with one attached hydrogen (secondary N) is 1. The lowest BCUT2D eigenvalue weighted by Gasteiger charge is -2.08. The summed E-state index contributed by atoms with van der Waals surface area (Å²) in [5, 5.41) is 3.22. The Hall–Kier alpha value is -1.87. The summed E-state index contributed by atoms with van der Waals surface area (Å²) in [5.41, 5.74) is 3.49. The Morgan fingerprint density at radius 1 is 1.22 bits per heavy atom. The standard InChI is InChI=1S/C14H13ClN2O/c1-9-3-5-12(10(2)7-9)17-14(18)11-4-6-13(15)16-8-11/h3-8H,1-2H3,(H,17,18). The normalized spacial score (nSPS) is 10.2. The van der Waals surface area contributed by atoms with Crippen LogP contribution >= 0.6 is 11.6 Å². The van der Waals surface area contributed by atoms with Gasteiger partial charge in [0.25, 0.3) is 5.91 Å². The molecule has 1 amide bonds. The largest absolute Gasteiger partial charge is 0.322 e. The quantitative estimate of drug-likeness (QED) is 0.839. The third-order valence-electron chi connectivity index (χ3n) is 2.62. The number of aryl methyl sites for hydroxylation is 2. The molecule has 1 aromatic carbocycles. The maximum absolute atomic E-state index is 12.0. The zero-order chi connectivity index (χ0) is 13.1. The Balaban J connectivity index is 2.18. The van der Waals surface area contributed by atoms with E-state index in [-0.39, 0.29) is 5.91 Å². The number of halogens is 1. The third-order valence-corrected chi connectivity index (χ3v) is 2.84. The summed E-state index contributed by atoms with van der Waals surface area (Å²) in [7, 11) is 0. The maximum atomic E-state index is 12.0. The molecule has 1 heterocycles. The number of hydrogen-bond acceptors (Lipinski definition) is 2. The lowest BCUT2D eigenvalue weighted by Crippen LogP contribution is -2.13. The van der Waals surface area contributed by atoms with Gasteiger partial charge in [-0.05, 0) is 37.6 Å². The van der Waals surface area contributed by atoms with Gasteiger partial charge in [0, 0.05) is 11.9 Å². The van der Waals surface area contributed by atoms with Crippen LogP contribution in [0.5, 0.6) is 0 Å². The van der Waals surface area contributed by atoms with Crippen LogP contribution in [0.3, 0.4) is 0 Å². The smallest absolute Gasteiger partial charge is 0.257 e. The summed E-state index contributed by atoms with van der Waals surface area (Å²) in [4.78, 5) is 15.9. The Morgan fingerprint density at radius 2 is 2.00 bits per heavy atom. The van der Waals surface area contributed by atoms with E-state index in [2.05, 4.69) is 10.3 Å². The highest BCUT2D eigenvalue weighted by atomic mass is 35.5. The number of carbonyl (C=O) groups is 1. The molecule has 0 aliphatic carbocycles. The summed E-state index contributed by atoms with van der Waals surface area (Å²) in [6, 6.07) is 9.12. The fourth-order valence-electron chi connectivity index (χ4n) is 1.66. The predicted octanol–water partition coefficient (Wildman–Crippen LogP) is 3.60. The first-order chi connectivity index (χ1) is 8.56. The van der Waals surface area contributed by atoms with E-state index in [1.165, 1.54) is 11.8 Å². The lowest BCUT2D eigenvalue weighted by molar-refractivity contribution is 0.102. The number of amides is 1. The maximum Gasteiger partial charge on any atom is 0.257 e. The molecular weight excluding hydrogens is 248 g/mol. The fourth-order valence-corrected chi connectivity index (χ4v) is 1.77. The van der Waals surface area contributed by atoms with Crippen LogP contribution in [-0.2, 0) is 0 Å². The van der Waals surface area contributed by atoms with Crippen LogP contribution in [0.4, 0.5) is 5.69 Å². The van der Waals surface area contributed by atoms with Gasteiger partial charge in [-0.2, -0.15) is 0 Å². The molecule has 2 aromatic rings. The molecule has 0 bridgehead atoms. The van der Waals surface area contributed by atoms with Crippen molar-refractivity contribution >= 4 is 23.2 Å². The van der Waals surface area contributed by atoms with Gasteiger partial charge in [-0.25, -0.2) is 4.98 Å². The fraction of sp³-hybridized carbons (Fsp3) is 0.143. The second kappa shape index (κ2) is 5.19. The molecule has 0 radical (unpaired) electrons. The van der Waals surface area contributed by atoms with E-state index in [0.29, 0.717) is 10.7 Å². The van der Waals surface area contributed by atoms with E-state index in [4.69, 9.17) is 11.6 Å². The Morgan fingerprint density at radius 3 is 2.61 bits per heavy atom. The second-order valence-corrected chi connectivity index (χ2v) is 4.53. The molecular formula is C14H13ClN2O. The van der Waals surface area contributed by atoms with Crippen LogP contribution in [0.15, 0.2) is 36.5 Å². The van der Waals surface area contributed by atoms with Crippen LogP contribution < -0.4 is 5.32 Å². The number of aromatic nitrogens is 1. The van der Waals surface area contributed by atoms with Crippen LogP contribution in [0.2, 0.25) is 5.15 Å². The molecule has 1 aromatic heterocycles. The molecule has 0 atom stereocenters. The van der Waals surface area contributed by atoms with Gasteiger partial charge in [0.05, 0.1) is 5.56 Å². The van der Waals surface area contributed by atoms with Crippen LogP contribution in [0.25, 0.3) is 0 Å². The van der Waals surface area contributed by atoms with Crippen molar-refractivity contribution in [3.8, 4) is 0 Å². The Bertz CT molecular complexity index is 579. The van der Waals surface area contributed by atoms with Gasteiger partial charge in [0.15, 0.2) is 0 Å². The molecule has 18 heavy (non-hydrogen) atoms. The average molecular weight is 261 g/mol.